The van der Waals surface area contributed by atoms with Gasteiger partial charge in [0.15, 0.2) is 11.5 Å². The molecule has 1 unspecified atom stereocenters. The van der Waals surface area contributed by atoms with Crippen LogP contribution in [0.2, 0.25) is 0 Å². The molecule has 1 aromatic heterocycles. The summed E-state index contributed by atoms with van der Waals surface area (Å²) in [6.45, 7) is 8.81. The summed E-state index contributed by atoms with van der Waals surface area (Å²) in [4.78, 5) is 7.76. The number of nitrogens with one attached hydrogen (secondary N) is 1. The molecule has 0 aliphatic rings. The highest BCUT2D eigenvalue weighted by Crippen LogP contribution is 2.28. The molecule has 0 amide bonds. The molecule has 0 aliphatic heterocycles. The summed E-state index contributed by atoms with van der Waals surface area (Å²) in [5, 5.41) is 13.7. The standard InChI is InChI=1S/C22H35N3O3S/c1-16(2)25(4)13-19(26)14-28-20-9-8-18(11-21(20)27-5)12-23-10-6-7-22-17(3)24-15-29-22/h8-9,11,15-16,19,23,26H,6-7,10,12-14H2,1-5H3. The predicted molar refractivity (Wildman–Crippen MR) is 119 cm³/mol. The van der Waals surface area contributed by atoms with Crippen molar-refractivity contribution in [1.82, 2.24) is 15.2 Å². The lowest BCUT2D eigenvalue weighted by molar-refractivity contribution is 0.0668. The number of benzene rings is 1. The Morgan fingerprint density at radius 1 is 1.28 bits per heavy atom. The second-order valence-corrected chi connectivity index (χ2v) is 8.56. The number of thiazole rings is 1. The van der Waals surface area contributed by atoms with E-state index in [9.17, 15) is 5.11 Å². The fraction of sp³-hybridized carbons (Fsp3) is 0.591. The lowest BCUT2D eigenvalue weighted by Gasteiger charge is -2.24. The second-order valence-electron chi connectivity index (χ2n) is 7.62. The fourth-order valence-corrected chi connectivity index (χ4v) is 3.72. The first-order chi connectivity index (χ1) is 13.9. The molecule has 2 rings (SSSR count). The SMILES string of the molecule is COc1cc(CNCCCc2scnc2C)ccc1OCC(O)CN(C)C(C)C. The van der Waals surface area contributed by atoms with Crippen molar-refractivity contribution in [3.63, 3.8) is 0 Å². The molecule has 0 spiro atoms. The number of hydrogen-bond donors (Lipinski definition) is 2. The van der Waals surface area contributed by atoms with Gasteiger partial charge in [0.25, 0.3) is 0 Å². The summed E-state index contributed by atoms with van der Waals surface area (Å²) >= 11 is 1.73. The number of rotatable bonds is 13. The summed E-state index contributed by atoms with van der Waals surface area (Å²) in [6, 6.07) is 6.32. The van der Waals surface area contributed by atoms with E-state index in [0.29, 0.717) is 24.1 Å². The van der Waals surface area contributed by atoms with Crippen molar-refractivity contribution in [3.8, 4) is 11.5 Å². The van der Waals surface area contributed by atoms with Crippen molar-refractivity contribution in [2.24, 2.45) is 0 Å². The number of nitrogens with zero attached hydrogens (tertiary/aromatic N) is 2. The smallest absolute Gasteiger partial charge is 0.161 e. The monoisotopic (exact) mass is 421 g/mol. The van der Waals surface area contributed by atoms with E-state index in [-0.39, 0.29) is 6.61 Å². The number of hydrogen-bond acceptors (Lipinski definition) is 7. The van der Waals surface area contributed by atoms with Crippen LogP contribution in [0.1, 0.15) is 36.4 Å². The lowest BCUT2D eigenvalue weighted by atomic mass is 10.2. The molecule has 0 radical (unpaired) electrons. The maximum Gasteiger partial charge on any atom is 0.161 e. The maximum atomic E-state index is 10.2. The third-order valence-electron chi connectivity index (χ3n) is 4.97. The average molecular weight is 422 g/mol. The minimum atomic E-state index is -0.546. The Morgan fingerprint density at radius 2 is 2.07 bits per heavy atom. The molecule has 2 N–H and O–H groups in total. The van der Waals surface area contributed by atoms with Gasteiger partial charge in [-0.25, -0.2) is 4.98 Å². The molecule has 0 fully saturated rings. The zero-order valence-electron chi connectivity index (χ0n) is 18.3. The van der Waals surface area contributed by atoms with Gasteiger partial charge in [-0.05, 0) is 64.9 Å². The summed E-state index contributed by atoms with van der Waals surface area (Å²) in [7, 11) is 3.63. The van der Waals surface area contributed by atoms with Crippen LogP contribution >= 0.6 is 11.3 Å². The Hall–Kier alpha value is -1.67. The predicted octanol–water partition coefficient (Wildman–Crippen LogP) is 3.26. The number of methoxy groups -OCH3 is 1. The van der Waals surface area contributed by atoms with Gasteiger partial charge in [-0.1, -0.05) is 6.07 Å². The van der Waals surface area contributed by atoms with E-state index in [1.807, 2.05) is 30.8 Å². The molecule has 2 aromatic rings. The van der Waals surface area contributed by atoms with E-state index >= 15 is 0 Å². The molecule has 1 heterocycles. The Morgan fingerprint density at radius 3 is 2.72 bits per heavy atom. The Labute approximate surface area is 178 Å². The number of ether oxygens (including phenoxy) is 2. The molecular formula is C22H35N3O3S. The number of aromatic nitrogens is 1. The molecule has 6 nitrogen and oxygen atoms in total. The molecule has 0 saturated heterocycles. The van der Waals surface area contributed by atoms with Gasteiger partial charge in [-0.3, -0.25) is 0 Å². The van der Waals surface area contributed by atoms with Crippen LogP contribution in [-0.2, 0) is 13.0 Å². The van der Waals surface area contributed by atoms with E-state index in [2.05, 4.69) is 36.0 Å². The van der Waals surface area contributed by atoms with Crippen molar-refractivity contribution in [3.05, 3.63) is 39.8 Å². The zero-order valence-corrected chi connectivity index (χ0v) is 19.1. The van der Waals surface area contributed by atoms with Gasteiger partial charge in [-0.15, -0.1) is 11.3 Å². The summed E-state index contributed by atoms with van der Waals surface area (Å²) < 4.78 is 11.3. The molecule has 0 bridgehead atoms. The molecule has 29 heavy (non-hydrogen) atoms. The third-order valence-corrected chi connectivity index (χ3v) is 5.97. The minimum Gasteiger partial charge on any atom is -0.493 e. The van der Waals surface area contributed by atoms with Gasteiger partial charge in [0.2, 0.25) is 0 Å². The molecule has 1 aromatic carbocycles. The second kappa shape index (κ2) is 12.1. The molecule has 7 heteroatoms. The fourth-order valence-electron chi connectivity index (χ4n) is 2.90. The maximum absolute atomic E-state index is 10.2. The van der Waals surface area contributed by atoms with Crippen molar-refractivity contribution in [1.29, 1.82) is 0 Å². The highest BCUT2D eigenvalue weighted by molar-refractivity contribution is 7.09. The minimum absolute atomic E-state index is 0.238. The Kier molecular flexibility index (Phi) is 9.87. The lowest BCUT2D eigenvalue weighted by Crippen LogP contribution is -2.36. The van der Waals surface area contributed by atoms with Crippen LogP contribution < -0.4 is 14.8 Å². The van der Waals surface area contributed by atoms with Crippen LogP contribution in [0, 0.1) is 6.92 Å². The van der Waals surface area contributed by atoms with Crippen LogP contribution in [0.5, 0.6) is 11.5 Å². The van der Waals surface area contributed by atoms with Crippen LogP contribution in [0.25, 0.3) is 0 Å². The van der Waals surface area contributed by atoms with Crippen molar-refractivity contribution in [2.45, 2.75) is 52.3 Å². The summed E-state index contributed by atoms with van der Waals surface area (Å²) in [6.07, 6.45) is 1.61. The number of aryl methyl sites for hydroxylation is 2. The largest absolute Gasteiger partial charge is 0.493 e. The molecule has 1 atom stereocenters. The quantitative estimate of drug-likeness (QED) is 0.484. The Balaban J connectivity index is 1.76. The highest BCUT2D eigenvalue weighted by atomic mass is 32.1. The molecular weight excluding hydrogens is 386 g/mol. The first kappa shape index (κ1) is 23.6. The number of aliphatic hydroxyl groups is 1. The van der Waals surface area contributed by atoms with Gasteiger partial charge in [0.05, 0.1) is 18.3 Å². The van der Waals surface area contributed by atoms with E-state index in [0.717, 1.165) is 37.2 Å². The zero-order chi connectivity index (χ0) is 21.2. The molecule has 0 saturated carbocycles. The number of likely N-dealkylation sites (N-methyl/N-ethyl adjacent to an activating group) is 1. The number of aliphatic hydroxyl groups excluding tert-OH is 1. The van der Waals surface area contributed by atoms with Crippen molar-refractivity contribution < 1.29 is 14.6 Å². The van der Waals surface area contributed by atoms with Gasteiger partial charge < -0.3 is 24.8 Å². The van der Waals surface area contributed by atoms with Crippen LogP contribution in [-0.4, -0.2) is 61.0 Å². The molecule has 162 valence electrons. The third kappa shape index (κ3) is 7.93. The Bertz CT molecular complexity index is 736. The molecule has 0 aliphatic carbocycles. The normalized spacial score (nSPS) is 12.6. The van der Waals surface area contributed by atoms with Gasteiger partial charge in [-0.2, -0.15) is 0 Å². The first-order valence-electron chi connectivity index (χ1n) is 10.2. The van der Waals surface area contributed by atoms with Crippen molar-refractivity contribution >= 4 is 11.3 Å². The first-order valence-corrected chi connectivity index (χ1v) is 11.1. The topological polar surface area (TPSA) is 66.8 Å². The summed E-state index contributed by atoms with van der Waals surface area (Å²) in [5.74, 6) is 1.34. The van der Waals surface area contributed by atoms with Gasteiger partial charge in [0.1, 0.15) is 12.7 Å². The summed E-state index contributed by atoms with van der Waals surface area (Å²) in [5.41, 5.74) is 4.20. The highest BCUT2D eigenvalue weighted by Gasteiger charge is 2.13. The van der Waals surface area contributed by atoms with E-state index in [1.165, 1.54) is 4.88 Å². The van der Waals surface area contributed by atoms with E-state index in [4.69, 9.17) is 9.47 Å². The van der Waals surface area contributed by atoms with Crippen LogP contribution in [0.15, 0.2) is 23.7 Å². The van der Waals surface area contributed by atoms with Gasteiger partial charge >= 0.3 is 0 Å². The van der Waals surface area contributed by atoms with E-state index in [1.54, 1.807) is 18.4 Å². The van der Waals surface area contributed by atoms with Crippen LogP contribution in [0.3, 0.4) is 0 Å². The van der Waals surface area contributed by atoms with E-state index < -0.39 is 6.10 Å². The van der Waals surface area contributed by atoms with Gasteiger partial charge in [0, 0.05) is 24.0 Å². The van der Waals surface area contributed by atoms with Crippen LogP contribution in [0.4, 0.5) is 0 Å². The average Bonchev–Trinajstić information content (AvgIpc) is 3.11. The van der Waals surface area contributed by atoms with Crippen molar-refractivity contribution in [2.75, 3.05) is 33.9 Å².